The van der Waals surface area contributed by atoms with E-state index in [1.807, 2.05) is 18.7 Å². The number of amides is 1. The van der Waals surface area contributed by atoms with Crippen LogP contribution in [0.3, 0.4) is 0 Å². The molecule has 5 nitrogen and oxygen atoms in total. The Morgan fingerprint density at radius 1 is 1.17 bits per heavy atom. The second kappa shape index (κ2) is 10.5. The third-order valence-electron chi connectivity index (χ3n) is 3.71. The molecule has 0 saturated carbocycles. The van der Waals surface area contributed by atoms with Gasteiger partial charge < -0.3 is 10.1 Å². The molecule has 24 heavy (non-hydrogen) atoms. The van der Waals surface area contributed by atoms with E-state index in [1.54, 1.807) is 18.2 Å². The molecular formula is C17H24Cl2N2O3. The zero-order valence-corrected chi connectivity index (χ0v) is 15.8. The van der Waals surface area contributed by atoms with Gasteiger partial charge in [-0.15, -0.1) is 0 Å². The van der Waals surface area contributed by atoms with E-state index in [0.717, 1.165) is 5.56 Å². The Hall–Kier alpha value is -1.30. The minimum Gasteiger partial charge on any atom is -0.469 e. The molecule has 0 aliphatic carbocycles. The van der Waals surface area contributed by atoms with Crippen molar-refractivity contribution in [2.75, 3.05) is 26.7 Å². The molecule has 1 aromatic carbocycles. The molecule has 0 saturated heterocycles. The summed E-state index contributed by atoms with van der Waals surface area (Å²) in [5.74, 6) is -0.423. The summed E-state index contributed by atoms with van der Waals surface area (Å²) >= 11 is 12.2. The summed E-state index contributed by atoms with van der Waals surface area (Å²) in [7, 11) is 1.35. The lowest BCUT2D eigenvalue weighted by molar-refractivity contribution is -0.140. The van der Waals surface area contributed by atoms with E-state index >= 15 is 0 Å². The van der Waals surface area contributed by atoms with Crippen LogP contribution in [0.5, 0.6) is 0 Å². The van der Waals surface area contributed by atoms with Crippen LogP contribution < -0.4 is 5.32 Å². The zero-order valence-electron chi connectivity index (χ0n) is 14.3. The van der Waals surface area contributed by atoms with E-state index in [9.17, 15) is 9.59 Å². The number of carbonyl (C=O) groups is 2. The summed E-state index contributed by atoms with van der Waals surface area (Å²) in [6.07, 6.45) is 0.801. The number of carbonyl (C=O) groups excluding carboxylic acids is 2. The lowest BCUT2D eigenvalue weighted by Crippen LogP contribution is -2.41. The van der Waals surface area contributed by atoms with Crippen molar-refractivity contribution in [3.63, 3.8) is 0 Å². The van der Waals surface area contributed by atoms with E-state index in [0.29, 0.717) is 36.1 Å². The van der Waals surface area contributed by atoms with Crippen LogP contribution in [0.2, 0.25) is 10.0 Å². The first-order valence-corrected chi connectivity index (χ1v) is 8.73. The van der Waals surface area contributed by atoms with Crippen molar-refractivity contribution in [1.29, 1.82) is 0 Å². The first kappa shape index (κ1) is 20.7. The zero-order chi connectivity index (χ0) is 18.1. The van der Waals surface area contributed by atoms with Gasteiger partial charge in [0.25, 0.3) is 0 Å². The fourth-order valence-electron chi connectivity index (χ4n) is 2.49. The van der Waals surface area contributed by atoms with Crippen LogP contribution in [0.1, 0.15) is 38.3 Å². The maximum absolute atomic E-state index is 12.7. The molecule has 0 unspecified atom stereocenters. The molecule has 0 aliphatic rings. The highest BCUT2D eigenvalue weighted by molar-refractivity contribution is 6.34. The maximum Gasteiger partial charge on any atom is 0.305 e. The van der Waals surface area contributed by atoms with Crippen molar-refractivity contribution in [2.24, 2.45) is 0 Å². The monoisotopic (exact) mass is 374 g/mol. The number of halogens is 2. The van der Waals surface area contributed by atoms with Crippen LogP contribution in [0.15, 0.2) is 18.2 Å². The van der Waals surface area contributed by atoms with Gasteiger partial charge in [0.2, 0.25) is 5.91 Å². The fourth-order valence-corrected chi connectivity index (χ4v) is 3.04. The van der Waals surface area contributed by atoms with Gasteiger partial charge in [0.05, 0.1) is 7.11 Å². The second-order valence-electron chi connectivity index (χ2n) is 5.30. The topological polar surface area (TPSA) is 58.6 Å². The molecule has 0 radical (unpaired) electrons. The molecule has 134 valence electrons. The normalized spacial score (nSPS) is 12.1. The number of nitrogens with zero attached hydrogens (tertiary/aromatic N) is 1. The van der Waals surface area contributed by atoms with Gasteiger partial charge in [-0.2, -0.15) is 0 Å². The Balaban J connectivity index is 2.85. The number of esters is 1. The second-order valence-corrected chi connectivity index (χ2v) is 6.17. The molecule has 0 aliphatic heterocycles. The van der Waals surface area contributed by atoms with Crippen LogP contribution in [0.25, 0.3) is 0 Å². The minimum absolute atomic E-state index is 0.137. The van der Waals surface area contributed by atoms with Crippen LogP contribution in [-0.2, 0) is 14.3 Å². The largest absolute Gasteiger partial charge is 0.469 e. The number of ether oxygens (including phenoxy) is 1. The minimum atomic E-state index is -0.477. The maximum atomic E-state index is 12.7. The van der Waals surface area contributed by atoms with Crippen molar-refractivity contribution in [1.82, 2.24) is 10.2 Å². The summed E-state index contributed by atoms with van der Waals surface area (Å²) in [6.45, 7) is 5.81. The van der Waals surface area contributed by atoms with E-state index in [2.05, 4.69) is 10.1 Å². The van der Waals surface area contributed by atoms with Gasteiger partial charge >= 0.3 is 5.97 Å². The highest BCUT2D eigenvalue weighted by Crippen LogP contribution is 2.27. The Kier molecular flexibility index (Phi) is 9.11. The molecular weight excluding hydrogens is 351 g/mol. The summed E-state index contributed by atoms with van der Waals surface area (Å²) in [5, 5.41) is 3.86. The summed E-state index contributed by atoms with van der Waals surface area (Å²) in [6, 6.07) is 4.67. The molecule has 0 heterocycles. The number of methoxy groups -OCH3 is 1. The van der Waals surface area contributed by atoms with Crippen LogP contribution in [0, 0.1) is 0 Å². The molecule has 7 heteroatoms. The molecule has 1 aromatic rings. The fraction of sp³-hybridized carbons (Fsp3) is 0.529. The average molecular weight is 375 g/mol. The van der Waals surface area contributed by atoms with Crippen LogP contribution in [0.4, 0.5) is 0 Å². The molecule has 0 bridgehead atoms. The SMILES string of the molecule is CCN(CC)[C@@H](C(=O)NCCCC(=O)OC)c1cc(Cl)cc(Cl)c1. The Morgan fingerprint density at radius 3 is 2.25 bits per heavy atom. The van der Waals surface area contributed by atoms with Crippen molar-refractivity contribution in [3.05, 3.63) is 33.8 Å². The van der Waals surface area contributed by atoms with Gasteiger partial charge in [0.1, 0.15) is 6.04 Å². The van der Waals surface area contributed by atoms with Gasteiger partial charge in [-0.1, -0.05) is 37.0 Å². The third-order valence-corrected chi connectivity index (χ3v) is 4.15. The quantitative estimate of drug-likeness (QED) is 0.531. The van der Waals surface area contributed by atoms with Crippen LogP contribution in [-0.4, -0.2) is 43.5 Å². The Labute approximate surface area is 153 Å². The average Bonchev–Trinajstić information content (AvgIpc) is 2.54. The van der Waals surface area contributed by atoms with Crippen LogP contribution >= 0.6 is 23.2 Å². The first-order chi connectivity index (χ1) is 11.4. The highest BCUT2D eigenvalue weighted by Gasteiger charge is 2.26. The summed E-state index contributed by atoms with van der Waals surface area (Å²) in [4.78, 5) is 25.8. The predicted octanol–water partition coefficient (Wildman–Crippen LogP) is 3.45. The molecule has 1 amide bonds. The lowest BCUT2D eigenvalue weighted by Gasteiger charge is -2.29. The summed E-state index contributed by atoms with van der Waals surface area (Å²) < 4.78 is 4.58. The molecule has 1 N–H and O–H groups in total. The van der Waals surface area contributed by atoms with Crippen molar-refractivity contribution in [3.8, 4) is 0 Å². The van der Waals surface area contributed by atoms with E-state index in [4.69, 9.17) is 23.2 Å². The van der Waals surface area contributed by atoms with Gasteiger partial charge in [-0.3, -0.25) is 14.5 Å². The molecule has 0 spiro atoms. The van der Waals surface area contributed by atoms with Gasteiger partial charge in [-0.05, 0) is 43.3 Å². The third kappa shape index (κ3) is 6.30. The van der Waals surface area contributed by atoms with Gasteiger partial charge in [0, 0.05) is 23.0 Å². The number of nitrogens with one attached hydrogen (secondary N) is 1. The Bertz CT molecular complexity index is 543. The van der Waals surface area contributed by atoms with E-state index in [-0.39, 0.29) is 18.3 Å². The number of rotatable bonds is 9. The number of benzene rings is 1. The van der Waals surface area contributed by atoms with Crippen molar-refractivity contribution in [2.45, 2.75) is 32.7 Å². The number of hydrogen-bond acceptors (Lipinski definition) is 4. The Morgan fingerprint density at radius 2 is 1.75 bits per heavy atom. The predicted molar refractivity (Wildman–Crippen MR) is 96.4 cm³/mol. The molecule has 1 rings (SSSR count). The molecule has 0 aromatic heterocycles. The van der Waals surface area contributed by atoms with Crippen molar-refractivity contribution < 1.29 is 14.3 Å². The first-order valence-electron chi connectivity index (χ1n) is 7.97. The molecule has 0 fully saturated rings. The highest BCUT2D eigenvalue weighted by atomic mass is 35.5. The van der Waals surface area contributed by atoms with Crippen molar-refractivity contribution >= 4 is 35.1 Å². The summed E-state index contributed by atoms with van der Waals surface area (Å²) in [5.41, 5.74) is 0.752. The number of likely N-dealkylation sites (N-methyl/N-ethyl adjacent to an activating group) is 1. The number of hydrogen-bond donors (Lipinski definition) is 1. The molecule has 1 atom stereocenters. The van der Waals surface area contributed by atoms with Gasteiger partial charge in [0.15, 0.2) is 0 Å². The standard InChI is InChI=1S/C17H24Cl2N2O3/c1-4-21(5-2)16(12-9-13(18)11-14(19)10-12)17(23)20-8-6-7-15(22)24-3/h9-11,16H,4-8H2,1-3H3,(H,20,23)/t16-/m1/s1. The lowest BCUT2D eigenvalue weighted by atomic mass is 10.0. The van der Waals surface area contributed by atoms with Gasteiger partial charge in [-0.25, -0.2) is 0 Å². The van der Waals surface area contributed by atoms with E-state index < -0.39 is 6.04 Å². The van der Waals surface area contributed by atoms with E-state index in [1.165, 1.54) is 7.11 Å². The smallest absolute Gasteiger partial charge is 0.305 e.